The number of carbonyl (C=O) groups excluding carboxylic acids is 1. The molecule has 1 atom stereocenters. The van der Waals surface area contributed by atoms with Gasteiger partial charge in [-0.2, -0.15) is 5.10 Å². The van der Waals surface area contributed by atoms with Crippen LogP contribution in [-0.4, -0.2) is 64.3 Å². The number of piperazine rings is 1. The van der Waals surface area contributed by atoms with Gasteiger partial charge in [-0.05, 0) is 30.9 Å². The normalized spacial score (nSPS) is 15.6. The molecular formula is C22H34IN7O2. The number of hydrogen-bond donors (Lipinski definition) is 1. The molecule has 0 aliphatic carbocycles. The van der Waals surface area contributed by atoms with Crippen molar-refractivity contribution < 1.29 is 9.53 Å². The lowest BCUT2D eigenvalue weighted by Gasteiger charge is -2.35. The second kappa shape index (κ2) is 12.0. The third-order valence-corrected chi connectivity index (χ3v) is 5.11. The predicted molar refractivity (Wildman–Crippen MR) is 137 cm³/mol. The van der Waals surface area contributed by atoms with Gasteiger partial charge in [0.25, 0.3) is 0 Å². The first kappa shape index (κ1) is 25.9. The van der Waals surface area contributed by atoms with E-state index in [0.717, 1.165) is 17.7 Å². The van der Waals surface area contributed by atoms with Crippen LogP contribution in [0, 0.1) is 5.92 Å². The van der Waals surface area contributed by atoms with Gasteiger partial charge in [-0.25, -0.2) is 4.98 Å². The van der Waals surface area contributed by atoms with E-state index < -0.39 is 0 Å². The number of ether oxygens (including phenoxy) is 1. The lowest BCUT2D eigenvalue weighted by molar-refractivity contribution is -0.120. The minimum atomic E-state index is 0. The molecule has 0 radical (unpaired) electrons. The molecule has 1 unspecified atom stereocenters. The smallest absolute Gasteiger partial charge is 0.246 e. The minimum Gasteiger partial charge on any atom is -0.475 e. The Morgan fingerprint density at radius 2 is 2.09 bits per heavy atom. The second-order valence-electron chi connectivity index (χ2n) is 8.30. The Kier molecular flexibility index (Phi) is 9.73. The van der Waals surface area contributed by atoms with Gasteiger partial charge in [0.05, 0.1) is 18.0 Å². The van der Waals surface area contributed by atoms with E-state index in [1.807, 2.05) is 30.3 Å². The van der Waals surface area contributed by atoms with Crippen molar-refractivity contribution in [1.82, 2.24) is 25.0 Å². The van der Waals surface area contributed by atoms with Crippen LogP contribution in [0.1, 0.15) is 32.8 Å². The molecule has 0 spiro atoms. The van der Waals surface area contributed by atoms with Crippen LogP contribution in [0.5, 0.6) is 5.88 Å². The summed E-state index contributed by atoms with van der Waals surface area (Å²) in [6.07, 6.45) is 6.42. The van der Waals surface area contributed by atoms with Gasteiger partial charge in [-0.15, -0.1) is 24.0 Å². The largest absolute Gasteiger partial charge is 0.475 e. The molecule has 2 aromatic heterocycles. The Morgan fingerprint density at radius 1 is 1.31 bits per heavy atom. The molecule has 0 bridgehead atoms. The highest BCUT2D eigenvalue weighted by molar-refractivity contribution is 14.0. The van der Waals surface area contributed by atoms with E-state index in [1.165, 1.54) is 0 Å². The number of aryl methyl sites for hydroxylation is 1. The summed E-state index contributed by atoms with van der Waals surface area (Å²) in [7, 11) is 3.57. The van der Waals surface area contributed by atoms with Crippen LogP contribution in [0.4, 0.5) is 5.69 Å². The van der Waals surface area contributed by atoms with Crippen molar-refractivity contribution in [3.05, 3.63) is 36.3 Å². The van der Waals surface area contributed by atoms with Crippen LogP contribution >= 0.6 is 24.0 Å². The molecule has 1 saturated heterocycles. The summed E-state index contributed by atoms with van der Waals surface area (Å²) in [5.74, 6) is 1.93. The number of aromatic nitrogens is 3. The molecule has 1 fully saturated rings. The van der Waals surface area contributed by atoms with E-state index in [0.29, 0.717) is 37.4 Å². The SMILES string of the molecule is CN=C(NCc1ccnc(OC(C)CC(C)C)c1)N1CCN(c2cnn(C)c2)C(=O)C1.I. The molecule has 1 aliphatic rings. The first-order valence-electron chi connectivity index (χ1n) is 10.7. The Hall–Kier alpha value is -2.37. The van der Waals surface area contributed by atoms with Crippen molar-refractivity contribution in [2.45, 2.75) is 39.8 Å². The number of hydrogen-bond acceptors (Lipinski definition) is 5. The maximum Gasteiger partial charge on any atom is 0.246 e. The zero-order valence-electron chi connectivity index (χ0n) is 19.5. The molecule has 10 heteroatoms. The van der Waals surface area contributed by atoms with Gasteiger partial charge in [-0.1, -0.05) is 13.8 Å². The lowest BCUT2D eigenvalue weighted by Crippen LogP contribution is -2.55. The van der Waals surface area contributed by atoms with Crippen LogP contribution in [0.15, 0.2) is 35.7 Å². The van der Waals surface area contributed by atoms with Crippen LogP contribution in [0.3, 0.4) is 0 Å². The summed E-state index contributed by atoms with van der Waals surface area (Å²) in [5, 5.41) is 7.51. The third kappa shape index (κ3) is 7.07. The standard InChI is InChI=1S/C22H33N7O2.HI/c1-16(2)10-17(3)31-20-11-18(6-7-24-20)12-25-22(23-4)28-8-9-29(21(30)15-28)19-13-26-27(5)14-19;/h6-7,11,13-14,16-17H,8-10,12,15H2,1-5H3,(H,23,25);1H. The molecule has 0 saturated carbocycles. The van der Waals surface area contributed by atoms with Crippen molar-refractivity contribution in [3.8, 4) is 5.88 Å². The Morgan fingerprint density at radius 3 is 2.72 bits per heavy atom. The van der Waals surface area contributed by atoms with Crippen LogP contribution in [-0.2, 0) is 18.4 Å². The fourth-order valence-corrected chi connectivity index (χ4v) is 3.73. The minimum absolute atomic E-state index is 0. The van der Waals surface area contributed by atoms with Crippen molar-refractivity contribution in [3.63, 3.8) is 0 Å². The van der Waals surface area contributed by atoms with Crippen LogP contribution in [0.2, 0.25) is 0 Å². The number of carbonyl (C=O) groups is 1. The quantitative estimate of drug-likeness (QED) is 0.321. The number of rotatable bonds is 7. The van der Waals surface area contributed by atoms with Crippen molar-refractivity contribution >= 4 is 41.5 Å². The molecule has 32 heavy (non-hydrogen) atoms. The number of pyridine rings is 1. The van der Waals surface area contributed by atoms with Gasteiger partial charge in [0, 0.05) is 52.2 Å². The summed E-state index contributed by atoms with van der Waals surface area (Å²) in [5.41, 5.74) is 1.87. The number of aliphatic imine (C=N–C) groups is 1. The maximum absolute atomic E-state index is 12.7. The van der Waals surface area contributed by atoms with Gasteiger partial charge in [-0.3, -0.25) is 14.5 Å². The summed E-state index contributed by atoms with van der Waals surface area (Å²) in [4.78, 5) is 25.1. The fraction of sp³-hybridized carbons (Fsp3) is 0.545. The number of anilines is 1. The lowest BCUT2D eigenvalue weighted by atomic mass is 10.1. The molecule has 1 N–H and O–H groups in total. The third-order valence-electron chi connectivity index (χ3n) is 5.11. The molecule has 2 aromatic rings. The Labute approximate surface area is 207 Å². The second-order valence-corrected chi connectivity index (χ2v) is 8.30. The van der Waals surface area contributed by atoms with Crippen molar-refractivity contribution in [2.24, 2.45) is 18.0 Å². The van der Waals surface area contributed by atoms with Gasteiger partial charge >= 0.3 is 0 Å². The topological polar surface area (TPSA) is 87.9 Å². The van der Waals surface area contributed by atoms with Crippen LogP contribution in [0.25, 0.3) is 0 Å². The fourth-order valence-electron chi connectivity index (χ4n) is 3.73. The number of amides is 1. The van der Waals surface area contributed by atoms with E-state index in [-0.39, 0.29) is 42.5 Å². The Balaban J connectivity index is 0.00000363. The average molecular weight is 555 g/mol. The molecule has 176 valence electrons. The number of nitrogens with one attached hydrogen (secondary N) is 1. The van der Waals surface area contributed by atoms with Crippen molar-refractivity contribution in [1.29, 1.82) is 0 Å². The molecular weight excluding hydrogens is 521 g/mol. The molecule has 3 heterocycles. The highest BCUT2D eigenvalue weighted by Gasteiger charge is 2.27. The van der Waals surface area contributed by atoms with E-state index >= 15 is 0 Å². The molecule has 3 rings (SSSR count). The van der Waals surface area contributed by atoms with E-state index in [4.69, 9.17) is 4.74 Å². The highest BCUT2D eigenvalue weighted by Crippen LogP contribution is 2.17. The summed E-state index contributed by atoms with van der Waals surface area (Å²) in [6, 6.07) is 3.90. The summed E-state index contributed by atoms with van der Waals surface area (Å²) >= 11 is 0. The zero-order chi connectivity index (χ0) is 22.4. The van der Waals surface area contributed by atoms with Gasteiger partial charge in [0.2, 0.25) is 11.8 Å². The number of nitrogens with zero attached hydrogens (tertiary/aromatic N) is 6. The van der Waals surface area contributed by atoms with Gasteiger partial charge < -0.3 is 19.9 Å². The van der Waals surface area contributed by atoms with E-state index in [9.17, 15) is 4.79 Å². The van der Waals surface area contributed by atoms with E-state index in [2.05, 4.69) is 41.2 Å². The highest BCUT2D eigenvalue weighted by atomic mass is 127. The van der Waals surface area contributed by atoms with Crippen molar-refractivity contribution in [2.75, 3.05) is 31.6 Å². The predicted octanol–water partition coefficient (Wildman–Crippen LogP) is 2.67. The molecule has 0 aromatic carbocycles. The first-order chi connectivity index (χ1) is 14.9. The molecule has 1 amide bonds. The maximum atomic E-state index is 12.7. The molecule has 9 nitrogen and oxygen atoms in total. The van der Waals surface area contributed by atoms with Crippen LogP contribution < -0.4 is 15.0 Å². The first-order valence-corrected chi connectivity index (χ1v) is 10.7. The van der Waals surface area contributed by atoms with Gasteiger partial charge in [0.1, 0.15) is 6.54 Å². The Bertz CT molecular complexity index is 915. The number of halogens is 1. The molecule has 1 aliphatic heterocycles. The summed E-state index contributed by atoms with van der Waals surface area (Å²) in [6.45, 7) is 8.55. The number of guanidine groups is 1. The monoisotopic (exact) mass is 555 g/mol. The summed E-state index contributed by atoms with van der Waals surface area (Å²) < 4.78 is 7.65. The zero-order valence-corrected chi connectivity index (χ0v) is 21.8. The van der Waals surface area contributed by atoms with E-state index in [1.54, 1.807) is 29.0 Å². The van der Waals surface area contributed by atoms with Gasteiger partial charge in [0.15, 0.2) is 5.96 Å². The average Bonchev–Trinajstić information content (AvgIpc) is 3.14.